The third-order valence-corrected chi connectivity index (χ3v) is 5.89. The average Bonchev–Trinajstić information content (AvgIpc) is 3.42. The predicted octanol–water partition coefficient (Wildman–Crippen LogP) is 4.00. The van der Waals surface area contributed by atoms with Crippen LogP contribution in [0.3, 0.4) is 0 Å². The Bertz CT molecular complexity index is 742. The normalized spacial score (nSPS) is 28.2. The molecule has 2 aliphatic carbocycles. The van der Waals surface area contributed by atoms with Gasteiger partial charge in [-0.3, -0.25) is 4.79 Å². The molecule has 0 bridgehead atoms. The van der Waals surface area contributed by atoms with Gasteiger partial charge in [-0.05, 0) is 54.0 Å². The van der Waals surface area contributed by atoms with E-state index < -0.39 is 0 Å². The Morgan fingerprint density at radius 2 is 1.84 bits per heavy atom. The number of hydrogen-bond acceptors (Lipinski definition) is 2. The van der Waals surface area contributed by atoms with Crippen LogP contribution in [0, 0.1) is 11.8 Å². The van der Waals surface area contributed by atoms with Crippen molar-refractivity contribution in [3.63, 3.8) is 0 Å². The number of halogens is 1. The maximum atomic E-state index is 12.7. The number of nitrogens with two attached hydrogens (primary N) is 1. The molecule has 0 aromatic heterocycles. The zero-order valence-corrected chi connectivity index (χ0v) is 15.3. The molecule has 0 radical (unpaired) electrons. The van der Waals surface area contributed by atoms with Crippen molar-refractivity contribution in [3.8, 4) is 0 Å². The van der Waals surface area contributed by atoms with Crippen LogP contribution in [0.15, 0.2) is 42.5 Å². The quantitative estimate of drug-likeness (QED) is 0.867. The van der Waals surface area contributed by atoms with Gasteiger partial charge in [-0.2, -0.15) is 0 Å². The molecule has 0 spiro atoms. The topological polar surface area (TPSA) is 55.1 Å². The smallest absolute Gasteiger partial charge is 0.223 e. The van der Waals surface area contributed by atoms with Crippen LogP contribution in [0.1, 0.15) is 43.6 Å². The van der Waals surface area contributed by atoms with Crippen LogP contribution in [0.2, 0.25) is 0 Å². The van der Waals surface area contributed by atoms with Gasteiger partial charge in [0.05, 0.1) is 0 Å². The molecule has 4 unspecified atom stereocenters. The van der Waals surface area contributed by atoms with Crippen LogP contribution in [0.25, 0.3) is 10.8 Å². The number of carbonyl (C=O) groups excluding carboxylic acids is 1. The molecule has 4 atom stereocenters. The molecule has 25 heavy (non-hydrogen) atoms. The molecule has 0 heterocycles. The van der Waals surface area contributed by atoms with Crippen LogP contribution >= 0.6 is 12.4 Å². The molecular formula is C21H27ClN2O. The Hall–Kier alpha value is -1.58. The molecule has 2 aromatic carbocycles. The summed E-state index contributed by atoms with van der Waals surface area (Å²) < 4.78 is 0. The predicted molar refractivity (Wildman–Crippen MR) is 105 cm³/mol. The van der Waals surface area contributed by atoms with E-state index in [0.29, 0.717) is 18.4 Å². The Labute approximate surface area is 155 Å². The van der Waals surface area contributed by atoms with Crippen molar-refractivity contribution in [2.45, 2.75) is 44.1 Å². The van der Waals surface area contributed by atoms with Crippen molar-refractivity contribution in [2.75, 3.05) is 6.54 Å². The SMILES string of the molecule is Cl.NCC1CCCCC1NC(=O)C1CC1c1cccc2ccccc12. The van der Waals surface area contributed by atoms with E-state index in [9.17, 15) is 4.79 Å². The van der Waals surface area contributed by atoms with Crippen molar-refractivity contribution in [3.05, 3.63) is 48.0 Å². The Balaban J connectivity index is 0.00000182. The monoisotopic (exact) mass is 358 g/mol. The van der Waals surface area contributed by atoms with Gasteiger partial charge in [-0.1, -0.05) is 55.3 Å². The fourth-order valence-electron chi connectivity index (χ4n) is 4.37. The fraction of sp³-hybridized carbons (Fsp3) is 0.476. The first-order chi connectivity index (χ1) is 11.8. The lowest BCUT2D eigenvalue weighted by atomic mass is 9.84. The third kappa shape index (κ3) is 3.68. The second-order valence-corrected chi connectivity index (χ2v) is 7.41. The Kier molecular flexibility index (Phi) is 5.65. The van der Waals surface area contributed by atoms with Gasteiger partial charge in [0.1, 0.15) is 0 Å². The number of fused-ring (bicyclic) bond motifs is 1. The lowest BCUT2D eigenvalue weighted by molar-refractivity contribution is -0.123. The van der Waals surface area contributed by atoms with Crippen LogP contribution in [-0.4, -0.2) is 18.5 Å². The molecular weight excluding hydrogens is 332 g/mol. The van der Waals surface area contributed by atoms with E-state index in [1.165, 1.54) is 29.2 Å². The van der Waals surface area contributed by atoms with E-state index in [4.69, 9.17) is 5.73 Å². The number of amides is 1. The van der Waals surface area contributed by atoms with Crippen molar-refractivity contribution < 1.29 is 4.79 Å². The molecule has 3 N–H and O–H groups in total. The summed E-state index contributed by atoms with van der Waals surface area (Å²) in [5.74, 6) is 1.20. The third-order valence-electron chi connectivity index (χ3n) is 5.89. The van der Waals surface area contributed by atoms with E-state index in [0.717, 1.165) is 19.3 Å². The van der Waals surface area contributed by atoms with Crippen molar-refractivity contribution in [1.82, 2.24) is 5.32 Å². The van der Waals surface area contributed by atoms with E-state index in [1.807, 2.05) is 0 Å². The maximum Gasteiger partial charge on any atom is 0.223 e. The minimum Gasteiger partial charge on any atom is -0.353 e. The van der Waals surface area contributed by atoms with Gasteiger partial charge in [0.25, 0.3) is 0 Å². The molecule has 4 rings (SSSR count). The van der Waals surface area contributed by atoms with Gasteiger partial charge < -0.3 is 11.1 Å². The number of nitrogens with one attached hydrogen (secondary N) is 1. The lowest BCUT2D eigenvalue weighted by Gasteiger charge is -2.31. The van der Waals surface area contributed by atoms with Crippen molar-refractivity contribution in [2.24, 2.45) is 17.6 Å². The Morgan fingerprint density at radius 3 is 2.68 bits per heavy atom. The summed E-state index contributed by atoms with van der Waals surface area (Å²) in [4.78, 5) is 12.7. The number of hydrogen-bond donors (Lipinski definition) is 2. The highest BCUT2D eigenvalue weighted by atomic mass is 35.5. The van der Waals surface area contributed by atoms with Gasteiger partial charge in [0, 0.05) is 12.0 Å². The zero-order chi connectivity index (χ0) is 16.5. The van der Waals surface area contributed by atoms with E-state index in [-0.39, 0.29) is 30.3 Å². The fourth-order valence-corrected chi connectivity index (χ4v) is 4.37. The second kappa shape index (κ2) is 7.76. The highest BCUT2D eigenvalue weighted by Crippen LogP contribution is 2.49. The van der Waals surface area contributed by atoms with Crippen molar-refractivity contribution in [1.29, 1.82) is 0 Å². The van der Waals surface area contributed by atoms with Gasteiger partial charge in [0.15, 0.2) is 0 Å². The lowest BCUT2D eigenvalue weighted by Crippen LogP contribution is -2.45. The largest absolute Gasteiger partial charge is 0.353 e. The maximum absolute atomic E-state index is 12.7. The molecule has 2 fully saturated rings. The molecule has 2 aromatic rings. The number of benzene rings is 2. The molecule has 0 aliphatic heterocycles. The van der Waals surface area contributed by atoms with Crippen LogP contribution in [0.5, 0.6) is 0 Å². The van der Waals surface area contributed by atoms with Crippen LogP contribution < -0.4 is 11.1 Å². The van der Waals surface area contributed by atoms with Gasteiger partial charge in [0.2, 0.25) is 5.91 Å². The summed E-state index contributed by atoms with van der Waals surface area (Å²) in [7, 11) is 0. The molecule has 0 saturated heterocycles. The highest BCUT2D eigenvalue weighted by Gasteiger charge is 2.45. The number of rotatable bonds is 4. The average molecular weight is 359 g/mol. The van der Waals surface area contributed by atoms with E-state index >= 15 is 0 Å². The summed E-state index contributed by atoms with van der Waals surface area (Å²) in [5.41, 5.74) is 7.22. The second-order valence-electron chi connectivity index (χ2n) is 7.41. The molecule has 4 heteroatoms. The zero-order valence-electron chi connectivity index (χ0n) is 14.5. The minimum absolute atomic E-state index is 0. The highest BCUT2D eigenvalue weighted by molar-refractivity contribution is 5.89. The standard InChI is InChI=1S/C21H26N2O.ClH/c22-13-15-7-2-4-11-20(15)23-21(24)19-12-18(19)17-10-5-8-14-6-1-3-9-16(14)17;/h1,3,5-6,8-10,15,18-20H,2,4,7,11-13,22H2,(H,23,24);1H. The molecule has 2 saturated carbocycles. The van der Waals surface area contributed by atoms with Gasteiger partial charge in [-0.15, -0.1) is 12.4 Å². The number of carbonyl (C=O) groups is 1. The molecule has 1 amide bonds. The summed E-state index contributed by atoms with van der Waals surface area (Å²) >= 11 is 0. The van der Waals surface area contributed by atoms with E-state index in [2.05, 4.69) is 47.8 Å². The summed E-state index contributed by atoms with van der Waals surface area (Å²) in [6, 6.07) is 15.2. The molecule has 2 aliphatic rings. The molecule has 134 valence electrons. The van der Waals surface area contributed by atoms with Crippen molar-refractivity contribution >= 4 is 29.1 Å². The minimum atomic E-state index is 0. The first kappa shape index (κ1) is 18.2. The Morgan fingerprint density at radius 1 is 1.08 bits per heavy atom. The van der Waals surface area contributed by atoms with Crippen LogP contribution in [0.4, 0.5) is 0 Å². The van der Waals surface area contributed by atoms with E-state index in [1.54, 1.807) is 0 Å². The first-order valence-electron chi connectivity index (χ1n) is 9.26. The summed E-state index contributed by atoms with van der Waals surface area (Å²) in [5, 5.41) is 5.86. The molecule has 3 nitrogen and oxygen atoms in total. The van der Waals surface area contributed by atoms with Crippen LogP contribution in [-0.2, 0) is 4.79 Å². The summed E-state index contributed by atoms with van der Waals surface area (Å²) in [6.07, 6.45) is 5.66. The first-order valence-corrected chi connectivity index (χ1v) is 9.26. The summed E-state index contributed by atoms with van der Waals surface area (Å²) in [6.45, 7) is 0.683. The van der Waals surface area contributed by atoms with Gasteiger partial charge in [-0.25, -0.2) is 0 Å². The van der Waals surface area contributed by atoms with Gasteiger partial charge >= 0.3 is 0 Å².